The summed E-state index contributed by atoms with van der Waals surface area (Å²) in [7, 11) is 0. The Labute approximate surface area is 93.7 Å². The van der Waals surface area contributed by atoms with Crippen LogP contribution < -0.4 is 5.73 Å². The number of halogens is 2. The average Bonchev–Trinajstić information content (AvgIpc) is 2.28. The summed E-state index contributed by atoms with van der Waals surface area (Å²) in [6.45, 7) is 0.830. The van der Waals surface area contributed by atoms with Gasteiger partial charge in [0.1, 0.15) is 0 Å². The molecule has 1 unspecified atom stereocenters. The Kier molecular flexibility index (Phi) is 5.62. The van der Waals surface area contributed by atoms with Crippen molar-refractivity contribution < 1.29 is 18.3 Å². The lowest BCUT2D eigenvalue weighted by Gasteiger charge is -2.28. The molecule has 6 heteroatoms. The fourth-order valence-electron chi connectivity index (χ4n) is 1.81. The second-order valence-corrected chi connectivity index (χ2v) is 3.88. The summed E-state index contributed by atoms with van der Waals surface area (Å²) in [6.07, 6.45) is -0.995. The van der Waals surface area contributed by atoms with E-state index in [4.69, 9.17) is 10.5 Å². The van der Waals surface area contributed by atoms with Gasteiger partial charge in [0.25, 0.3) is 6.43 Å². The molecule has 0 bridgehead atoms. The SMILES string of the molecule is NCCN(CC(F)F)C(=O)C1CCCOC1. The smallest absolute Gasteiger partial charge is 0.255 e. The van der Waals surface area contributed by atoms with E-state index in [1.165, 1.54) is 0 Å². The number of ether oxygens (including phenoxy) is 1. The van der Waals surface area contributed by atoms with Crippen molar-refractivity contribution in [1.29, 1.82) is 0 Å². The molecule has 4 nitrogen and oxygen atoms in total. The molecule has 2 N–H and O–H groups in total. The largest absolute Gasteiger partial charge is 0.381 e. The third-order valence-corrected chi connectivity index (χ3v) is 2.58. The topological polar surface area (TPSA) is 55.6 Å². The van der Waals surface area contributed by atoms with Gasteiger partial charge in [-0.2, -0.15) is 0 Å². The highest BCUT2D eigenvalue weighted by molar-refractivity contribution is 5.79. The van der Waals surface area contributed by atoms with Crippen LogP contribution in [0.1, 0.15) is 12.8 Å². The predicted molar refractivity (Wildman–Crippen MR) is 55.2 cm³/mol. The monoisotopic (exact) mass is 236 g/mol. The van der Waals surface area contributed by atoms with Gasteiger partial charge < -0.3 is 15.4 Å². The van der Waals surface area contributed by atoms with Gasteiger partial charge >= 0.3 is 0 Å². The first kappa shape index (κ1) is 13.3. The van der Waals surface area contributed by atoms with E-state index in [1.807, 2.05) is 0 Å². The first-order chi connectivity index (χ1) is 7.65. The summed E-state index contributed by atoms with van der Waals surface area (Å²) < 4.78 is 29.7. The van der Waals surface area contributed by atoms with E-state index in [9.17, 15) is 13.6 Å². The van der Waals surface area contributed by atoms with Crippen LogP contribution in [0.25, 0.3) is 0 Å². The minimum atomic E-state index is -2.51. The van der Waals surface area contributed by atoms with E-state index in [-0.39, 0.29) is 24.9 Å². The Morgan fingerprint density at radius 1 is 1.56 bits per heavy atom. The molecule has 1 amide bonds. The third-order valence-electron chi connectivity index (χ3n) is 2.58. The fraction of sp³-hybridized carbons (Fsp3) is 0.900. The normalized spacial score (nSPS) is 21.1. The summed E-state index contributed by atoms with van der Waals surface area (Å²) in [4.78, 5) is 13.0. The molecule has 0 radical (unpaired) electrons. The van der Waals surface area contributed by atoms with Crippen LogP contribution in [0.4, 0.5) is 8.78 Å². The van der Waals surface area contributed by atoms with Crippen molar-refractivity contribution in [3.8, 4) is 0 Å². The molecule has 1 aliphatic rings. The van der Waals surface area contributed by atoms with Crippen LogP contribution in [0.2, 0.25) is 0 Å². The summed E-state index contributed by atoms with van der Waals surface area (Å²) in [5.74, 6) is -0.537. The molecule has 1 heterocycles. The van der Waals surface area contributed by atoms with Crippen LogP contribution in [0.3, 0.4) is 0 Å². The van der Waals surface area contributed by atoms with Crippen molar-refractivity contribution in [2.24, 2.45) is 11.7 Å². The third kappa shape index (κ3) is 4.02. The Balaban J connectivity index is 2.50. The number of hydrogen-bond acceptors (Lipinski definition) is 3. The van der Waals surface area contributed by atoms with E-state index in [0.29, 0.717) is 19.6 Å². The maximum atomic E-state index is 12.3. The number of alkyl halides is 2. The number of nitrogens with zero attached hydrogens (tertiary/aromatic N) is 1. The number of amides is 1. The minimum Gasteiger partial charge on any atom is -0.381 e. The van der Waals surface area contributed by atoms with Crippen LogP contribution >= 0.6 is 0 Å². The molecule has 1 rings (SSSR count). The molecule has 1 aliphatic heterocycles. The molecule has 0 aromatic heterocycles. The van der Waals surface area contributed by atoms with Gasteiger partial charge in [-0.05, 0) is 12.8 Å². The van der Waals surface area contributed by atoms with E-state index >= 15 is 0 Å². The zero-order chi connectivity index (χ0) is 12.0. The molecule has 1 atom stereocenters. The average molecular weight is 236 g/mol. The first-order valence-corrected chi connectivity index (χ1v) is 5.50. The van der Waals surface area contributed by atoms with Crippen molar-refractivity contribution >= 4 is 5.91 Å². The van der Waals surface area contributed by atoms with Gasteiger partial charge in [-0.1, -0.05) is 0 Å². The van der Waals surface area contributed by atoms with Crippen molar-refractivity contribution in [2.75, 3.05) is 32.8 Å². The van der Waals surface area contributed by atoms with Crippen molar-refractivity contribution in [1.82, 2.24) is 4.90 Å². The summed E-state index contributed by atoms with van der Waals surface area (Å²) in [5, 5.41) is 0. The summed E-state index contributed by atoms with van der Waals surface area (Å²) in [6, 6.07) is 0. The van der Waals surface area contributed by atoms with Gasteiger partial charge in [-0.15, -0.1) is 0 Å². The molecule has 16 heavy (non-hydrogen) atoms. The van der Waals surface area contributed by atoms with Gasteiger partial charge in [-0.25, -0.2) is 8.78 Å². The second-order valence-electron chi connectivity index (χ2n) is 3.88. The lowest BCUT2D eigenvalue weighted by molar-refractivity contribution is -0.141. The Bertz CT molecular complexity index is 221. The molecule has 0 aromatic rings. The maximum absolute atomic E-state index is 12.3. The zero-order valence-corrected chi connectivity index (χ0v) is 9.20. The highest BCUT2D eigenvalue weighted by Crippen LogP contribution is 2.16. The maximum Gasteiger partial charge on any atom is 0.255 e. The van der Waals surface area contributed by atoms with Gasteiger partial charge in [0.05, 0.1) is 19.1 Å². The highest BCUT2D eigenvalue weighted by atomic mass is 19.3. The van der Waals surface area contributed by atoms with Crippen LogP contribution in [0, 0.1) is 5.92 Å². The number of hydrogen-bond donors (Lipinski definition) is 1. The lowest BCUT2D eigenvalue weighted by Crippen LogP contribution is -2.44. The van der Waals surface area contributed by atoms with E-state index in [0.717, 1.165) is 11.3 Å². The predicted octanol–water partition coefficient (Wildman–Crippen LogP) is 0.465. The molecular formula is C10H18F2N2O2. The van der Waals surface area contributed by atoms with Crippen molar-refractivity contribution in [2.45, 2.75) is 19.3 Å². The molecule has 0 saturated carbocycles. The van der Waals surface area contributed by atoms with Gasteiger partial charge in [0.2, 0.25) is 5.91 Å². The van der Waals surface area contributed by atoms with Crippen LogP contribution in [-0.2, 0) is 9.53 Å². The van der Waals surface area contributed by atoms with Crippen LogP contribution in [-0.4, -0.2) is 50.1 Å². The van der Waals surface area contributed by atoms with Gasteiger partial charge in [0.15, 0.2) is 0 Å². The molecule has 0 aromatic carbocycles. The van der Waals surface area contributed by atoms with E-state index < -0.39 is 13.0 Å². The van der Waals surface area contributed by atoms with Crippen molar-refractivity contribution in [3.63, 3.8) is 0 Å². The van der Waals surface area contributed by atoms with Gasteiger partial charge in [-0.3, -0.25) is 4.79 Å². The molecule has 1 saturated heterocycles. The summed E-state index contributed by atoms with van der Waals surface area (Å²) in [5.41, 5.74) is 5.30. The highest BCUT2D eigenvalue weighted by Gasteiger charge is 2.27. The standard InChI is InChI=1S/C10H18F2N2O2/c11-9(12)6-14(4-3-13)10(15)8-2-1-5-16-7-8/h8-9H,1-7,13H2. The molecule has 0 spiro atoms. The number of carbonyl (C=O) groups is 1. The minimum absolute atomic E-state index is 0.180. The molecule has 94 valence electrons. The molecule has 1 fully saturated rings. The summed E-state index contributed by atoms with van der Waals surface area (Å²) >= 11 is 0. The Morgan fingerprint density at radius 3 is 2.81 bits per heavy atom. The lowest BCUT2D eigenvalue weighted by atomic mass is 10.0. The Morgan fingerprint density at radius 2 is 2.31 bits per heavy atom. The molecule has 0 aliphatic carbocycles. The first-order valence-electron chi connectivity index (χ1n) is 5.50. The van der Waals surface area contributed by atoms with E-state index in [2.05, 4.69) is 0 Å². The molecular weight excluding hydrogens is 218 g/mol. The van der Waals surface area contributed by atoms with Gasteiger partial charge in [0, 0.05) is 19.7 Å². The van der Waals surface area contributed by atoms with Crippen molar-refractivity contribution in [3.05, 3.63) is 0 Å². The fourth-order valence-corrected chi connectivity index (χ4v) is 1.81. The van der Waals surface area contributed by atoms with Crippen LogP contribution in [0.15, 0.2) is 0 Å². The Hall–Kier alpha value is -0.750. The van der Waals surface area contributed by atoms with Crippen LogP contribution in [0.5, 0.6) is 0 Å². The number of nitrogens with two attached hydrogens (primary N) is 1. The number of carbonyl (C=O) groups excluding carboxylic acids is 1. The zero-order valence-electron chi connectivity index (χ0n) is 9.20. The second kappa shape index (κ2) is 6.75. The van der Waals surface area contributed by atoms with E-state index in [1.54, 1.807) is 0 Å². The number of rotatable bonds is 5. The quantitative estimate of drug-likeness (QED) is 0.754.